The Morgan fingerprint density at radius 1 is 1.23 bits per heavy atom. The first kappa shape index (κ1) is 17.9. The average molecular weight is 306 g/mol. The summed E-state index contributed by atoms with van der Waals surface area (Å²) in [5.41, 5.74) is 3.28. The topological polar surface area (TPSA) is 98.7 Å². The molecule has 0 saturated carbocycles. The van der Waals surface area contributed by atoms with Crippen molar-refractivity contribution in [1.29, 1.82) is 0 Å². The lowest BCUT2D eigenvalue weighted by molar-refractivity contribution is -0.140. The molecule has 22 heavy (non-hydrogen) atoms. The monoisotopic (exact) mass is 306 g/mol. The van der Waals surface area contributed by atoms with E-state index in [1.54, 1.807) is 6.08 Å². The van der Waals surface area contributed by atoms with E-state index in [2.05, 4.69) is 5.32 Å². The lowest BCUT2D eigenvalue weighted by Crippen LogP contribution is -2.37. The highest BCUT2D eigenvalue weighted by Crippen LogP contribution is 2.09. The number of carbonyl (C=O) groups excluding carboxylic acids is 1. The van der Waals surface area contributed by atoms with Gasteiger partial charge in [-0.3, -0.25) is 14.8 Å². The maximum atomic E-state index is 11.2. The molecule has 1 aromatic carbocycles. The van der Waals surface area contributed by atoms with Crippen molar-refractivity contribution in [2.24, 2.45) is 5.92 Å². The molecule has 1 aromatic rings. The zero-order valence-electron chi connectivity index (χ0n) is 12.7. The van der Waals surface area contributed by atoms with Gasteiger partial charge in [-0.2, -0.15) is 0 Å². The molecule has 6 nitrogen and oxygen atoms in total. The zero-order chi connectivity index (χ0) is 16.5. The predicted octanol–water partition coefficient (Wildman–Crippen LogP) is 1.79. The third-order valence-corrected chi connectivity index (χ3v) is 3.07. The fraction of sp³-hybridized carbons (Fsp3) is 0.375. The van der Waals surface area contributed by atoms with Gasteiger partial charge in [0, 0.05) is 12.6 Å². The first-order valence-electron chi connectivity index (χ1n) is 7.09. The molecule has 1 rings (SSSR count). The van der Waals surface area contributed by atoms with Crippen LogP contribution in [0.1, 0.15) is 31.4 Å². The molecule has 4 N–H and O–H groups in total. The Bertz CT molecular complexity index is 523. The fourth-order valence-corrected chi connectivity index (χ4v) is 1.94. The van der Waals surface area contributed by atoms with Gasteiger partial charge >= 0.3 is 5.97 Å². The lowest BCUT2D eigenvalue weighted by atomic mass is 10.0. The minimum Gasteiger partial charge on any atom is -0.480 e. The molecule has 0 fully saturated rings. The molecule has 1 amide bonds. The number of carboxylic acids is 1. The number of hydrogen-bond donors (Lipinski definition) is 4. The summed E-state index contributed by atoms with van der Waals surface area (Å²) in [7, 11) is 0. The van der Waals surface area contributed by atoms with Crippen molar-refractivity contribution in [2.75, 3.05) is 0 Å². The molecule has 0 spiro atoms. The summed E-state index contributed by atoms with van der Waals surface area (Å²) in [4.78, 5) is 22.0. The summed E-state index contributed by atoms with van der Waals surface area (Å²) < 4.78 is 0. The number of carboxylic acid groups (broad SMARTS) is 1. The van der Waals surface area contributed by atoms with E-state index in [9.17, 15) is 9.59 Å². The van der Waals surface area contributed by atoms with Crippen LogP contribution in [-0.2, 0) is 16.1 Å². The Morgan fingerprint density at radius 2 is 1.86 bits per heavy atom. The molecule has 6 heteroatoms. The van der Waals surface area contributed by atoms with E-state index in [1.807, 2.05) is 38.1 Å². The van der Waals surface area contributed by atoms with E-state index in [4.69, 9.17) is 10.3 Å². The van der Waals surface area contributed by atoms with Crippen LogP contribution in [0.5, 0.6) is 0 Å². The van der Waals surface area contributed by atoms with E-state index in [0.29, 0.717) is 18.9 Å². The van der Waals surface area contributed by atoms with Crippen molar-refractivity contribution < 1.29 is 19.9 Å². The third-order valence-electron chi connectivity index (χ3n) is 3.07. The molecule has 1 atom stereocenters. The van der Waals surface area contributed by atoms with Crippen LogP contribution in [0.2, 0.25) is 0 Å². The predicted molar refractivity (Wildman–Crippen MR) is 83.1 cm³/mol. The van der Waals surface area contributed by atoms with Gasteiger partial charge in [0.25, 0.3) is 5.91 Å². The molecule has 0 radical (unpaired) electrons. The van der Waals surface area contributed by atoms with Crippen LogP contribution in [-0.4, -0.2) is 28.2 Å². The van der Waals surface area contributed by atoms with E-state index in [0.717, 1.165) is 11.1 Å². The van der Waals surface area contributed by atoms with Crippen LogP contribution in [0.3, 0.4) is 0 Å². The minimum absolute atomic E-state index is 0.304. The molecule has 0 bridgehead atoms. The smallest absolute Gasteiger partial charge is 0.320 e. The van der Waals surface area contributed by atoms with Gasteiger partial charge in [0.05, 0.1) is 0 Å². The van der Waals surface area contributed by atoms with Gasteiger partial charge in [0.1, 0.15) is 6.04 Å². The first-order chi connectivity index (χ1) is 10.4. The van der Waals surface area contributed by atoms with Crippen molar-refractivity contribution in [3.8, 4) is 0 Å². The Hall–Kier alpha value is -2.18. The Labute approximate surface area is 129 Å². The van der Waals surface area contributed by atoms with Crippen molar-refractivity contribution >= 4 is 18.0 Å². The van der Waals surface area contributed by atoms with Gasteiger partial charge in [-0.25, -0.2) is 5.48 Å². The van der Waals surface area contributed by atoms with Crippen LogP contribution in [0.15, 0.2) is 30.3 Å². The van der Waals surface area contributed by atoms with Gasteiger partial charge in [-0.05, 0) is 29.5 Å². The Morgan fingerprint density at radius 3 is 2.36 bits per heavy atom. The summed E-state index contributed by atoms with van der Waals surface area (Å²) in [5, 5.41) is 20.6. The molecule has 120 valence electrons. The molecular weight excluding hydrogens is 284 g/mol. The summed E-state index contributed by atoms with van der Waals surface area (Å²) >= 11 is 0. The maximum Gasteiger partial charge on any atom is 0.320 e. The molecule has 0 aliphatic carbocycles. The highest BCUT2D eigenvalue weighted by molar-refractivity contribution is 5.90. The van der Waals surface area contributed by atoms with E-state index in [-0.39, 0.29) is 0 Å². The minimum atomic E-state index is -0.844. The molecular formula is C16H22N2O4. The molecule has 0 aromatic heterocycles. The standard InChI is InChI=1S/C16H22N2O4/c1-11(2)9-14(16(20)21)17-10-13-5-3-12(4-6-13)7-8-15(19)18-22/h3-8,11,14,17,22H,9-10H2,1-2H3,(H,18,19)(H,20,21)/t14-/m0/s1. The Balaban J connectivity index is 2.58. The number of rotatable bonds is 8. The Kier molecular flexibility index (Phi) is 7.28. The van der Waals surface area contributed by atoms with Gasteiger partial charge < -0.3 is 10.4 Å². The number of hydroxylamine groups is 1. The number of hydrogen-bond acceptors (Lipinski definition) is 4. The molecule has 0 heterocycles. The SMILES string of the molecule is CC(C)C[C@H](NCc1ccc(C=CC(=O)NO)cc1)C(=O)O. The molecule has 0 saturated heterocycles. The summed E-state index contributed by atoms with van der Waals surface area (Å²) in [6, 6.07) is 6.79. The van der Waals surface area contributed by atoms with Crippen molar-refractivity contribution in [1.82, 2.24) is 10.8 Å². The van der Waals surface area contributed by atoms with Crippen LogP contribution in [0.4, 0.5) is 0 Å². The van der Waals surface area contributed by atoms with Crippen LogP contribution >= 0.6 is 0 Å². The summed E-state index contributed by atoms with van der Waals surface area (Å²) in [5.74, 6) is -1.13. The van der Waals surface area contributed by atoms with Crippen LogP contribution in [0, 0.1) is 5.92 Å². The summed E-state index contributed by atoms with van der Waals surface area (Å²) in [6.45, 7) is 4.44. The van der Waals surface area contributed by atoms with Gasteiger partial charge in [-0.1, -0.05) is 38.1 Å². The van der Waals surface area contributed by atoms with E-state index in [1.165, 1.54) is 11.6 Å². The first-order valence-corrected chi connectivity index (χ1v) is 7.09. The van der Waals surface area contributed by atoms with Crippen molar-refractivity contribution in [3.05, 3.63) is 41.5 Å². The maximum absolute atomic E-state index is 11.2. The molecule has 0 aliphatic heterocycles. The lowest BCUT2D eigenvalue weighted by Gasteiger charge is -2.16. The number of nitrogens with one attached hydrogen (secondary N) is 2. The van der Waals surface area contributed by atoms with Gasteiger partial charge in [-0.15, -0.1) is 0 Å². The number of benzene rings is 1. The highest BCUT2D eigenvalue weighted by Gasteiger charge is 2.17. The van der Waals surface area contributed by atoms with E-state index >= 15 is 0 Å². The number of aliphatic carboxylic acids is 1. The van der Waals surface area contributed by atoms with Crippen LogP contribution < -0.4 is 10.8 Å². The zero-order valence-corrected chi connectivity index (χ0v) is 12.7. The summed E-state index contributed by atoms with van der Waals surface area (Å²) in [6.07, 6.45) is 3.37. The van der Waals surface area contributed by atoms with Crippen LogP contribution in [0.25, 0.3) is 6.08 Å². The highest BCUT2D eigenvalue weighted by atomic mass is 16.5. The van der Waals surface area contributed by atoms with Gasteiger partial charge in [0.2, 0.25) is 0 Å². The second kappa shape index (κ2) is 8.96. The number of carbonyl (C=O) groups is 2. The largest absolute Gasteiger partial charge is 0.480 e. The van der Waals surface area contributed by atoms with Crippen molar-refractivity contribution in [3.63, 3.8) is 0 Å². The van der Waals surface area contributed by atoms with Crippen molar-refractivity contribution in [2.45, 2.75) is 32.9 Å². The molecule has 0 unspecified atom stereocenters. The fourth-order valence-electron chi connectivity index (χ4n) is 1.94. The second-order valence-corrected chi connectivity index (χ2v) is 5.45. The van der Waals surface area contributed by atoms with E-state index < -0.39 is 17.9 Å². The van der Waals surface area contributed by atoms with Gasteiger partial charge in [0.15, 0.2) is 0 Å². The normalized spacial score (nSPS) is 12.5. The molecule has 0 aliphatic rings. The average Bonchev–Trinajstić information content (AvgIpc) is 2.49. The number of amides is 1. The quantitative estimate of drug-likeness (QED) is 0.333. The third kappa shape index (κ3) is 6.51. The second-order valence-electron chi connectivity index (χ2n) is 5.45.